The first-order valence-corrected chi connectivity index (χ1v) is 8.45. The summed E-state index contributed by atoms with van der Waals surface area (Å²) in [7, 11) is 0. The number of rotatable bonds is 7. The van der Waals surface area contributed by atoms with E-state index in [9.17, 15) is 0 Å². The van der Waals surface area contributed by atoms with Crippen molar-refractivity contribution in [3.8, 4) is 0 Å². The van der Waals surface area contributed by atoms with Crippen LogP contribution in [-0.2, 0) is 0 Å². The molecule has 4 heteroatoms. The summed E-state index contributed by atoms with van der Waals surface area (Å²) in [6.07, 6.45) is 1.13. The van der Waals surface area contributed by atoms with Gasteiger partial charge in [0.25, 0.3) is 5.22 Å². The zero-order chi connectivity index (χ0) is 15.2. The van der Waals surface area contributed by atoms with Crippen molar-refractivity contribution in [2.75, 3.05) is 12.3 Å². The molecule has 1 heterocycles. The number of nitrogens with one attached hydrogen (secondary N) is 1. The number of nitrogens with zero attached hydrogens (tertiary/aromatic N) is 1. The first kappa shape index (κ1) is 16.1. The average Bonchev–Trinajstić information content (AvgIpc) is 2.78. The quantitative estimate of drug-likeness (QED) is 0.768. The molecular formula is C17H24N2OS. The van der Waals surface area contributed by atoms with Gasteiger partial charge in [0, 0.05) is 11.8 Å². The maximum absolute atomic E-state index is 5.65. The first-order chi connectivity index (χ1) is 10.1. The maximum Gasteiger partial charge on any atom is 0.256 e. The van der Waals surface area contributed by atoms with E-state index in [4.69, 9.17) is 4.42 Å². The molecule has 0 spiro atoms. The lowest BCUT2D eigenvalue weighted by atomic mass is 10.1. The molecular weight excluding hydrogens is 280 g/mol. The lowest BCUT2D eigenvalue weighted by Crippen LogP contribution is -2.24. The van der Waals surface area contributed by atoms with Crippen LogP contribution in [0.2, 0.25) is 0 Å². The average molecular weight is 304 g/mol. The molecule has 1 aromatic heterocycles. The minimum Gasteiger partial charge on any atom is -0.437 e. The standard InChI is InChI=1S/C17H24N2OS/c1-5-9-18-16(15-8-6-7-12(2)10-15)11-21-17-19-13(3)14(4)20-17/h6-8,10,16,18H,5,9,11H2,1-4H3. The fourth-order valence-electron chi connectivity index (χ4n) is 2.14. The molecule has 0 radical (unpaired) electrons. The lowest BCUT2D eigenvalue weighted by Gasteiger charge is -2.18. The monoisotopic (exact) mass is 304 g/mol. The van der Waals surface area contributed by atoms with Crippen molar-refractivity contribution in [3.05, 3.63) is 46.8 Å². The van der Waals surface area contributed by atoms with Gasteiger partial charge in [-0.3, -0.25) is 0 Å². The minimum atomic E-state index is 0.322. The number of hydrogen-bond donors (Lipinski definition) is 1. The molecule has 1 atom stereocenters. The van der Waals surface area contributed by atoms with Crippen LogP contribution >= 0.6 is 11.8 Å². The van der Waals surface area contributed by atoms with Crippen LogP contribution in [0.5, 0.6) is 0 Å². The number of oxazole rings is 1. The highest BCUT2D eigenvalue weighted by Crippen LogP contribution is 2.26. The molecule has 0 bridgehead atoms. The van der Waals surface area contributed by atoms with Gasteiger partial charge in [-0.2, -0.15) is 0 Å². The topological polar surface area (TPSA) is 38.1 Å². The number of thioether (sulfide) groups is 1. The van der Waals surface area contributed by atoms with Crippen LogP contribution in [0.4, 0.5) is 0 Å². The van der Waals surface area contributed by atoms with E-state index in [0.717, 1.165) is 35.4 Å². The molecule has 0 amide bonds. The van der Waals surface area contributed by atoms with Gasteiger partial charge >= 0.3 is 0 Å². The van der Waals surface area contributed by atoms with Gasteiger partial charge in [0.1, 0.15) is 5.76 Å². The fourth-order valence-corrected chi connectivity index (χ4v) is 3.14. The smallest absolute Gasteiger partial charge is 0.256 e. The summed E-state index contributed by atoms with van der Waals surface area (Å²) in [6.45, 7) is 9.28. The second-order valence-corrected chi connectivity index (χ2v) is 6.32. The molecule has 1 N–H and O–H groups in total. The predicted molar refractivity (Wildman–Crippen MR) is 88.9 cm³/mol. The molecule has 0 aliphatic carbocycles. The molecule has 114 valence electrons. The van der Waals surface area contributed by atoms with Crippen LogP contribution < -0.4 is 5.32 Å². The van der Waals surface area contributed by atoms with Crippen LogP contribution in [-0.4, -0.2) is 17.3 Å². The van der Waals surface area contributed by atoms with Crippen LogP contribution in [0.25, 0.3) is 0 Å². The van der Waals surface area contributed by atoms with E-state index in [1.54, 1.807) is 11.8 Å². The Morgan fingerprint density at radius 2 is 2.10 bits per heavy atom. The summed E-state index contributed by atoms with van der Waals surface area (Å²) >= 11 is 1.67. The highest BCUT2D eigenvalue weighted by Gasteiger charge is 2.14. The number of benzene rings is 1. The fraction of sp³-hybridized carbons (Fsp3) is 0.471. The van der Waals surface area contributed by atoms with Crippen molar-refractivity contribution in [2.45, 2.75) is 45.4 Å². The van der Waals surface area contributed by atoms with Crippen molar-refractivity contribution < 1.29 is 4.42 Å². The largest absolute Gasteiger partial charge is 0.437 e. The third-order valence-electron chi connectivity index (χ3n) is 3.47. The normalized spacial score (nSPS) is 12.6. The molecule has 2 rings (SSSR count). The van der Waals surface area contributed by atoms with Crippen molar-refractivity contribution >= 4 is 11.8 Å². The molecule has 0 saturated carbocycles. The Kier molecular flexibility index (Phi) is 5.88. The Morgan fingerprint density at radius 3 is 2.71 bits per heavy atom. The van der Waals surface area contributed by atoms with Crippen molar-refractivity contribution in [1.82, 2.24) is 10.3 Å². The van der Waals surface area contributed by atoms with Crippen molar-refractivity contribution in [1.29, 1.82) is 0 Å². The van der Waals surface area contributed by atoms with Crippen LogP contribution in [0.3, 0.4) is 0 Å². The number of aryl methyl sites for hydroxylation is 3. The van der Waals surface area contributed by atoms with E-state index in [1.165, 1.54) is 11.1 Å². The molecule has 0 aliphatic rings. The summed E-state index contributed by atoms with van der Waals surface area (Å²) in [5.41, 5.74) is 3.60. The third kappa shape index (κ3) is 4.61. The summed E-state index contributed by atoms with van der Waals surface area (Å²) in [5.74, 6) is 1.83. The van der Waals surface area contributed by atoms with Crippen LogP contribution in [0.15, 0.2) is 33.9 Å². The highest BCUT2D eigenvalue weighted by molar-refractivity contribution is 7.99. The van der Waals surface area contributed by atoms with Crippen molar-refractivity contribution in [2.24, 2.45) is 0 Å². The summed E-state index contributed by atoms with van der Waals surface area (Å²) in [4.78, 5) is 4.44. The van der Waals surface area contributed by atoms with Crippen LogP contribution in [0, 0.1) is 20.8 Å². The second-order valence-electron chi connectivity index (χ2n) is 5.35. The van der Waals surface area contributed by atoms with Gasteiger partial charge in [-0.15, -0.1) is 0 Å². The second kappa shape index (κ2) is 7.66. The third-order valence-corrected chi connectivity index (χ3v) is 4.39. The summed E-state index contributed by atoms with van der Waals surface area (Å²) in [5, 5.41) is 4.38. The highest BCUT2D eigenvalue weighted by atomic mass is 32.2. The van der Waals surface area contributed by atoms with Crippen molar-refractivity contribution in [3.63, 3.8) is 0 Å². The van der Waals surface area contributed by atoms with E-state index in [2.05, 4.69) is 48.4 Å². The van der Waals surface area contributed by atoms with Gasteiger partial charge in [0.05, 0.1) is 5.69 Å². The van der Waals surface area contributed by atoms with E-state index in [-0.39, 0.29) is 0 Å². The van der Waals surface area contributed by atoms with E-state index < -0.39 is 0 Å². The first-order valence-electron chi connectivity index (χ1n) is 7.47. The van der Waals surface area contributed by atoms with Gasteiger partial charge in [-0.05, 0) is 39.3 Å². The van der Waals surface area contributed by atoms with Gasteiger partial charge in [0.2, 0.25) is 0 Å². The summed E-state index contributed by atoms with van der Waals surface area (Å²) in [6, 6.07) is 9.01. The Morgan fingerprint density at radius 1 is 1.29 bits per heavy atom. The molecule has 3 nitrogen and oxygen atoms in total. The Labute approximate surface area is 131 Å². The Balaban J connectivity index is 2.05. The molecule has 0 fully saturated rings. The maximum atomic E-state index is 5.65. The minimum absolute atomic E-state index is 0.322. The lowest BCUT2D eigenvalue weighted by molar-refractivity contribution is 0.430. The van der Waals surface area contributed by atoms with E-state index in [0.29, 0.717) is 6.04 Å². The van der Waals surface area contributed by atoms with E-state index in [1.807, 2.05) is 13.8 Å². The molecule has 0 aliphatic heterocycles. The molecule has 2 aromatic rings. The van der Waals surface area contributed by atoms with Gasteiger partial charge in [0.15, 0.2) is 0 Å². The zero-order valence-corrected chi connectivity index (χ0v) is 14.1. The van der Waals surface area contributed by atoms with Gasteiger partial charge < -0.3 is 9.73 Å². The van der Waals surface area contributed by atoms with Gasteiger partial charge in [-0.25, -0.2) is 4.98 Å². The predicted octanol–water partition coefficient (Wildman–Crippen LogP) is 4.43. The summed E-state index contributed by atoms with van der Waals surface area (Å²) < 4.78 is 5.65. The zero-order valence-electron chi connectivity index (χ0n) is 13.3. The Hall–Kier alpha value is -1.26. The molecule has 0 saturated heterocycles. The number of hydrogen-bond acceptors (Lipinski definition) is 4. The SMILES string of the molecule is CCCNC(CSc1nc(C)c(C)o1)c1cccc(C)c1. The van der Waals surface area contributed by atoms with E-state index >= 15 is 0 Å². The van der Waals surface area contributed by atoms with Gasteiger partial charge in [-0.1, -0.05) is 48.5 Å². The molecule has 1 aromatic carbocycles. The molecule has 1 unspecified atom stereocenters. The van der Waals surface area contributed by atoms with Crippen LogP contribution in [0.1, 0.15) is 42.0 Å². The molecule has 21 heavy (non-hydrogen) atoms. The number of aromatic nitrogens is 1. The Bertz CT molecular complexity index is 560.